The number of carbonyl (C=O) groups excluding carboxylic acids is 2. The van der Waals surface area contributed by atoms with E-state index in [1.165, 1.54) is 0 Å². The Balaban J connectivity index is 1.85. The van der Waals surface area contributed by atoms with Crippen molar-refractivity contribution >= 4 is 46.6 Å². The number of nitrogens with zero attached hydrogens (tertiary/aromatic N) is 1. The molecule has 0 spiro atoms. The van der Waals surface area contributed by atoms with Crippen molar-refractivity contribution < 1.29 is 19.1 Å². The molecule has 1 aliphatic rings. The van der Waals surface area contributed by atoms with Crippen LogP contribution in [-0.4, -0.2) is 24.2 Å². The van der Waals surface area contributed by atoms with Crippen LogP contribution in [0.4, 0.5) is 16.2 Å². The molecule has 3 rings (SSSR count). The summed E-state index contributed by atoms with van der Waals surface area (Å²) >= 11 is 12.0. The third-order valence-electron chi connectivity index (χ3n) is 3.87. The highest BCUT2D eigenvalue weighted by Crippen LogP contribution is 2.36. The van der Waals surface area contributed by atoms with Gasteiger partial charge >= 0.3 is 6.09 Å². The SMILES string of the molecule is CC(C)(C)OC(=O)Nc1ccc2c(c1)N(Cc1ccc(Cl)c(Cl)c1)C(=O)CO2. The van der Waals surface area contributed by atoms with Crippen LogP contribution in [0.2, 0.25) is 10.0 Å². The highest BCUT2D eigenvalue weighted by atomic mass is 35.5. The first-order valence-electron chi connectivity index (χ1n) is 8.63. The molecule has 0 fully saturated rings. The van der Waals surface area contributed by atoms with Crippen molar-refractivity contribution in [3.63, 3.8) is 0 Å². The van der Waals surface area contributed by atoms with E-state index in [0.29, 0.717) is 33.7 Å². The number of benzene rings is 2. The van der Waals surface area contributed by atoms with Gasteiger partial charge in [-0.15, -0.1) is 0 Å². The minimum atomic E-state index is -0.614. The molecule has 1 heterocycles. The van der Waals surface area contributed by atoms with Crippen LogP contribution in [0.3, 0.4) is 0 Å². The Labute approximate surface area is 173 Å². The van der Waals surface area contributed by atoms with E-state index in [-0.39, 0.29) is 12.5 Å². The number of fused-ring (bicyclic) bond motifs is 1. The first-order chi connectivity index (χ1) is 13.1. The van der Waals surface area contributed by atoms with E-state index in [2.05, 4.69) is 5.32 Å². The van der Waals surface area contributed by atoms with Crippen LogP contribution < -0.4 is 15.0 Å². The van der Waals surface area contributed by atoms with Gasteiger partial charge in [-0.1, -0.05) is 29.3 Å². The van der Waals surface area contributed by atoms with Gasteiger partial charge in [0.1, 0.15) is 11.4 Å². The summed E-state index contributed by atoms with van der Waals surface area (Å²) in [6, 6.07) is 10.3. The lowest BCUT2D eigenvalue weighted by Crippen LogP contribution is -2.38. The summed E-state index contributed by atoms with van der Waals surface area (Å²) in [7, 11) is 0. The summed E-state index contributed by atoms with van der Waals surface area (Å²) in [6.45, 7) is 5.58. The van der Waals surface area contributed by atoms with Gasteiger partial charge in [0.15, 0.2) is 6.61 Å². The number of halogens is 2. The highest BCUT2D eigenvalue weighted by Gasteiger charge is 2.26. The summed E-state index contributed by atoms with van der Waals surface area (Å²) in [4.78, 5) is 26.1. The number of ether oxygens (including phenoxy) is 2. The first kappa shape index (κ1) is 20.3. The zero-order valence-electron chi connectivity index (χ0n) is 15.7. The lowest BCUT2D eigenvalue weighted by molar-refractivity contribution is -0.121. The van der Waals surface area contributed by atoms with Gasteiger partial charge in [0.05, 0.1) is 22.3 Å². The Kier molecular flexibility index (Phi) is 5.72. The Bertz CT molecular complexity index is 925. The molecule has 1 aliphatic heterocycles. The van der Waals surface area contributed by atoms with E-state index < -0.39 is 11.7 Å². The predicted octanol–water partition coefficient (Wildman–Crippen LogP) is 5.27. The number of hydrogen-bond donors (Lipinski definition) is 1. The van der Waals surface area contributed by atoms with E-state index in [4.69, 9.17) is 32.7 Å². The van der Waals surface area contributed by atoms with Crippen LogP contribution in [0.25, 0.3) is 0 Å². The summed E-state index contributed by atoms with van der Waals surface area (Å²) in [5.74, 6) is 0.349. The molecule has 1 N–H and O–H groups in total. The molecule has 0 atom stereocenters. The van der Waals surface area contributed by atoms with Crippen molar-refractivity contribution in [1.29, 1.82) is 0 Å². The van der Waals surface area contributed by atoms with Crippen molar-refractivity contribution in [2.24, 2.45) is 0 Å². The summed E-state index contributed by atoms with van der Waals surface area (Å²) in [6.07, 6.45) is -0.577. The van der Waals surface area contributed by atoms with E-state index >= 15 is 0 Å². The minimum Gasteiger partial charge on any atom is -0.482 e. The molecule has 6 nitrogen and oxygen atoms in total. The van der Waals surface area contributed by atoms with Gasteiger partial charge < -0.3 is 14.4 Å². The summed E-state index contributed by atoms with van der Waals surface area (Å²) < 4.78 is 10.8. The van der Waals surface area contributed by atoms with Crippen molar-refractivity contribution in [2.45, 2.75) is 32.9 Å². The lowest BCUT2D eigenvalue weighted by Gasteiger charge is -2.30. The molecule has 0 saturated carbocycles. The van der Waals surface area contributed by atoms with Gasteiger partial charge in [0.2, 0.25) is 0 Å². The van der Waals surface area contributed by atoms with Crippen molar-refractivity contribution in [2.75, 3.05) is 16.8 Å². The van der Waals surface area contributed by atoms with E-state index in [9.17, 15) is 9.59 Å². The second-order valence-corrected chi connectivity index (χ2v) is 8.14. The monoisotopic (exact) mass is 422 g/mol. The molecule has 0 unspecified atom stereocenters. The number of hydrogen-bond acceptors (Lipinski definition) is 4. The molecule has 0 radical (unpaired) electrons. The van der Waals surface area contributed by atoms with Crippen LogP contribution in [0.1, 0.15) is 26.3 Å². The largest absolute Gasteiger partial charge is 0.482 e. The number of carbonyl (C=O) groups is 2. The maximum Gasteiger partial charge on any atom is 0.412 e. The average Bonchev–Trinajstić information content (AvgIpc) is 2.59. The Morgan fingerprint density at radius 2 is 1.93 bits per heavy atom. The average molecular weight is 423 g/mol. The lowest BCUT2D eigenvalue weighted by atomic mass is 10.1. The quantitative estimate of drug-likeness (QED) is 0.731. The van der Waals surface area contributed by atoms with E-state index in [0.717, 1.165) is 5.56 Å². The van der Waals surface area contributed by atoms with E-state index in [1.807, 2.05) is 0 Å². The van der Waals surface area contributed by atoms with Crippen LogP contribution in [0, 0.1) is 0 Å². The third kappa shape index (κ3) is 4.88. The summed E-state index contributed by atoms with van der Waals surface area (Å²) in [5, 5.41) is 3.54. The fourth-order valence-electron chi connectivity index (χ4n) is 2.70. The molecule has 2 aromatic carbocycles. The van der Waals surface area contributed by atoms with Crippen molar-refractivity contribution in [1.82, 2.24) is 0 Å². The fourth-order valence-corrected chi connectivity index (χ4v) is 3.02. The molecule has 28 heavy (non-hydrogen) atoms. The number of rotatable bonds is 3. The van der Waals surface area contributed by atoms with Gasteiger partial charge in [-0.3, -0.25) is 10.1 Å². The smallest absolute Gasteiger partial charge is 0.412 e. The summed E-state index contributed by atoms with van der Waals surface area (Å²) in [5.41, 5.74) is 1.25. The van der Waals surface area contributed by atoms with Gasteiger partial charge in [-0.25, -0.2) is 4.79 Å². The molecular formula is C20H20Cl2N2O4. The molecular weight excluding hydrogens is 403 g/mol. The topological polar surface area (TPSA) is 67.9 Å². The zero-order valence-corrected chi connectivity index (χ0v) is 17.2. The Morgan fingerprint density at radius 3 is 2.61 bits per heavy atom. The van der Waals surface area contributed by atoms with Gasteiger partial charge in [-0.2, -0.15) is 0 Å². The number of amides is 2. The predicted molar refractivity (Wildman–Crippen MR) is 109 cm³/mol. The second kappa shape index (κ2) is 7.89. The Morgan fingerprint density at radius 1 is 1.18 bits per heavy atom. The minimum absolute atomic E-state index is 0.0623. The van der Waals surface area contributed by atoms with Crippen LogP contribution in [-0.2, 0) is 16.1 Å². The number of nitrogens with one attached hydrogen (secondary N) is 1. The first-order valence-corrected chi connectivity index (χ1v) is 9.39. The standard InChI is InChI=1S/C20H20Cl2N2O4/c1-20(2,3)28-19(26)23-13-5-7-17-16(9-13)24(18(25)11-27-17)10-12-4-6-14(21)15(22)8-12/h4-9H,10-11H2,1-3H3,(H,23,26). The maximum absolute atomic E-state index is 12.5. The van der Waals surface area contributed by atoms with E-state index in [1.54, 1.807) is 62.1 Å². The van der Waals surface area contributed by atoms with Gasteiger partial charge in [-0.05, 0) is 56.7 Å². The fraction of sp³-hybridized carbons (Fsp3) is 0.300. The highest BCUT2D eigenvalue weighted by molar-refractivity contribution is 6.42. The second-order valence-electron chi connectivity index (χ2n) is 7.33. The molecule has 2 amide bonds. The molecule has 148 valence electrons. The van der Waals surface area contributed by atoms with Crippen LogP contribution >= 0.6 is 23.2 Å². The van der Waals surface area contributed by atoms with Gasteiger partial charge in [0.25, 0.3) is 5.91 Å². The van der Waals surface area contributed by atoms with Crippen molar-refractivity contribution in [3.05, 3.63) is 52.0 Å². The Hall–Kier alpha value is -2.44. The van der Waals surface area contributed by atoms with Crippen molar-refractivity contribution in [3.8, 4) is 5.75 Å². The molecule has 0 bridgehead atoms. The molecule has 2 aromatic rings. The maximum atomic E-state index is 12.5. The van der Waals surface area contributed by atoms with Crippen LogP contribution in [0.5, 0.6) is 5.75 Å². The third-order valence-corrected chi connectivity index (χ3v) is 4.61. The normalized spacial score (nSPS) is 13.6. The van der Waals surface area contributed by atoms with Gasteiger partial charge in [0, 0.05) is 5.69 Å². The molecule has 0 saturated heterocycles. The number of anilines is 2. The molecule has 8 heteroatoms. The zero-order chi connectivity index (χ0) is 20.5. The molecule has 0 aromatic heterocycles. The molecule has 0 aliphatic carbocycles. The van der Waals surface area contributed by atoms with Crippen LogP contribution in [0.15, 0.2) is 36.4 Å².